The Morgan fingerprint density at radius 1 is 1.27 bits per heavy atom. The number of esters is 1. The molecule has 7 nitrogen and oxygen atoms in total. The molecule has 0 fully saturated rings. The summed E-state index contributed by atoms with van der Waals surface area (Å²) < 4.78 is 6.47. The van der Waals surface area contributed by atoms with Gasteiger partial charge in [0.15, 0.2) is 0 Å². The molecular weight excluding hydrogens is 401 g/mol. The van der Waals surface area contributed by atoms with Crippen LogP contribution in [0.25, 0.3) is 0 Å². The molecule has 0 aromatic carbocycles. The van der Waals surface area contributed by atoms with Crippen LogP contribution in [0.5, 0.6) is 0 Å². The van der Waals surface area contributed by atoms with Gasteiger partial charge in [-0.2, -0.15) is 0 Å². The maximum Gasteiger partial charge on any atom is 0.341 e. The molecule has 0 saturated heterocycles. The molecule has 0 spiro atoms. The number of amides is 2. The Morgan fingerprint density at radius 2 is 1.92 bits per heavy atom. The summed E-state index contributed by atoms with van der Waals surface area (Å²) in [4.78, 5) is 37.3. The van der Waals surface area contributed by atoms with Crippen molar-refractivity contribution in [3.05, 3.63) is 37.9 Å². The van der Waals surface area contributed by atoms with Crippen LogP contribution in [0.4, 0.5) is 5.00 Å². The highest BCUT2D eigenvalue weighted by molar-refractivity contribution is 7.18. The molecule has 2 N–H and O–H groups in total. The Labute approximate surface area is 164 Å². The lowest BCUT2D eigenvalue weighted by atomic mass is 10.1. The lowest BCUT2D eigenvalue weighted by Crippen LogP contribution is -2.18. The molecule has 10 heteroatoms. The van der Waals surface area contributed by atoms with E-state index in [4.69, 9.17) is 27.9 Å². The number of aromatic nitrogens is 1. The van der Waals surface area contributed by atoms with Gasteiger partial charge >= 0.3 is 5.97 Å². The molecular formula is C16H17Cl2N3O4S. The average molecular weight is 418 g/mol. The molecule has 2 amide bonds. The second-order valence-electron chi connectivity index (χ2n) is 5.24. The van der Waals surface area contributed by atoms with Crippen molar-refractivity contribution in [3.8, 4) is 0 Å². The maximum absolute atomic E-state index is 12.6. The first kappa shape index (κ1) is 20.3. The fourth-order valence-electron chi connectivity index (χ4n) is 2.31. The highest BCUT2D eigenvalue weighted by Crippen LogP contribution is 2.34. The summed E-state index contributed by atoms with van der Waals surface area (Å²) in [6, 6.07) is 1.42. The number of ether oxygens (including phenoxy) is 1. The minimum absolute atomic E-state index is 0.148. The van der Waals surface area contributed by atoms with Gasteiger partial charge in [-0.05, 0) is 25.5 Å². The monoisotopic (exact) mass is 417 g/mol. The number of anilines is 1. The molecule has 2 rings (SSSR count). The Kier molecular flexibility index (Phi) is 6.33. The molecule has 2 aromatic rings. The Hall–Kier alpha value is -2.03. The van der Waals surface area contributed by atoms with Gasteiger partial charge in [0, 0.05) is 14.1 Å². The normalized spacial score (nSPS) is 10.5. The van der Waals surface area contributed by atoms with Gasteiger partial charge in [-0.15, -0.1) is 11.3 Å². The number of carbonyl (C=O) groups is 3. The van der Waals surface area contributed by atoms with Crippen LogP contribution in [0.3, 0.4) is 0 Å². The van der Waals surface area contributed by atoms with E-state index in [2.05, 4.69) is 10.6 Å². The third kappa shape index (κ3) is 3.72. The number of nitrogens with zero attached hydrogens (tertiary/aromatic N) is 1. The number of hydrogen-bond donors (Lipinski definition) is 2. The van der Waals surface area contributed by atoms with Gasteiger partial charge in [-0.1, -0.05) is 23.2 Å². The fourth-order valence-corrected chi connectivity index (χ4v) is 3.82. The Morgan fingerprint density at radius 3 is 2.42 bits per heavy atom. The summed E-state index contributed by atoms with van der Waals surface area (Å²) in [6.45, 7) is 3.46. The van der Waals surface area contributed by atoms with Crippen molar-refractivity contribution < 1.29 is 19.1 Å². The predicted molar refractivity (Wildman–Crippen MR) is 102 cm³/mol. The minimum atomic E-state index is -0.616. The van der Waals surface area contributed by atoms with Gasteiger partial charge in [-0.25, -0.2) is 4.79 Å². The summed E-state index contributed by atoms with van der Waals surface area (Å²) in [5.41, 5.74) is 0.795. The summed E-state index contributed by atoms with van der Waals surface area (Å²) in [6.07, 6.45) is 0. The van der Waals surface area contributed by atoms with Crippen LogP contribution in [-0.4, -0.2) is 36.0 Å². The van der Waals surface area contributed by atoms with Gasteiger partial charge < -0.3 is 19.9 Å². The summed E-state index contributed by atoms with van der Waals surface area (Å²) >= 11 is 12.9. The Bertz CT molecular complexity index is 889. The van der Waals surface area contributed by atoms with Crippen LogP contribution in [-0.2, 0) is 11.8 Å². The molecule has 2 aromatic heterocycles. The van der Waals surface area contributed by atoms with E-state index in [1.165, 1.54) is 17.7 Å². The maximum atomic E-state index is 12.6. The van der Waals surface area contributed by atoms with Gasteiger partial charge in [0.05, 0.1) is 22.1 Å². The summed E-state index contributed by atoms with van der Waals surface area (Å²) in [5.74, 6) is -1.49. The summed E-state index contributed by atoms with van der Waals surface area (Å²) in [7, 11) is 3.07. The zero-order chi connectivity index (χ0) is 19.6. The third-order valence-corrected chi connectivity index (χ3v) is 5.68. The molecule has 2 heterocycles. The number of halogens is 2. The van der Waals surface area contributed by atoms with E-state index >= 15 is 0 Å². The van der Waals surface area contributed by atoms with Crippen LogP contribution in [0.1, 0.15) is 43.0 Å². The largest absolute Gasteiger partial charge is 0.462 e. The molecule has 0 atom stereocenters. The van der Waals surface area contributed by atoms with E-state index in [0.717, 1.165) is 11.3 Å². The molecule has 140 valence electrons. The fraction of sp³-hybridized carbons (Fsp3) is 0.312. The lowest BCUT2D eigenvalue weighted by molar-refractivity contribution is 0.0527. The molecule has 0 unspecified atom stereocenters. The van der Waals surface area contributed by atoms with Crippen LogP contribution >= 0.6 is 34.5 Å². The van der Waals surface area contributed by atoms with Crippen molar-refractivity contribution in [3.63, 3.8) is 0 Å². The van der Waals surface area contributed by atoms with Gasteiger partial charge in [-0.3, -0.25) is 9.59 Å². The number of thiophene rings is 1. The van der Waals surface area contributed by atoms with E-state index in [0.29, 0.717) is 10.4 Å². The van der Waals surface area contributed by atoms with Crippen molar-refractivity contribution in [1.82, 2.24) is 9.88 Å². The molecule has 0 aliphatic carbocycles. The molecule has 0 radical (unpaired) electrons. The second kappa shape index (κ2) is 8.11. The average Bonchev–Trinajstić information content (AvgIpc) is 3.05. The van der Waals surface area contributed by atoms with Crippen molar-refractivity contribution in [2.45, 2.75) is 13.8 Å². The topological polar surface area (TPSA) is 89.4 Å². The van der Waals surface area contributed by atoms with Gasteiger partial charge in [0.1, 0.15) is 15.8 Å². The number of hydrogen-bond acceptors (Lipinski definition) is 5. The molecule has 0 bridgehead atoms. The van der Waals surface area contributed by atoms with E-state index in [1.807, 2.05) is 0 Å². The minimum Gasteiger partial charge on any atom is -0.462 e. The quantitative estimate of drug-likeness (QED) is 0.728. The molecule has 0 saturated carbocycles. The first-order chi connectivity index (χ1) is 12.2. The van der Waals surface area contributed by atoms with Crippen molar-refractivity contribution >= 4 is 57.3 Å². The van der Waals surface area contributed by atoms with Crippen molar-refractivity contribution in [2.75, 3.05) is 19.0 Å². The Balaban J connectivity index is 2.47. The number of carbonyl (C=O) groups excluding carboxylic acids is 3. The highest BCUT2D eigenvalue weighted by atomic mass is 35.5. The molecule has 26 heavy (non-hydrogen) atoms. The third-order valence-electron chi connectivity index (χ3n) is 3.64. The van der Waals surface area contributed by atoms with Crippen molar-refractivity contribution in [1.29, 1.82) is 0 Å². The standard InChI is InChI=1S/C16H17Cl2N3O4S/c1-5-25-16(24)10-7(2)11(14(23)19-3)26-15(10)20-13(22)9-6-8(17)12(18)21(9)4/h6H,5H2,1-4H3,(H,19,23)(H,20,22). The van der Waals surface area contributed by atoms with Gasteiger partial charge in [0.25, 0.3) is 11.8 Å². The van der Waals surface area contributed by atoms with Gasteiger partial charge in [0.2, 0.25) is 0 Å². The van der Waals surface area contributed by atoms with Crippen molar-refractivity contribution in [2.24, 2.45) is 7.05 Å². The smallest absolute Gasteiger partial charge is 0.341 e. The van der Waals surface area contributed by atoms with E-state index < -0.39 is 11.9 Å². The number of rotatable bonds is 5. The van der Waals surface area contributed by atoms with E-state index in [1.54, 1.807) is 20.9 Å². The van der Waals surface area contributed by atoms with Crippen LogP contribution in [0.15, 0.2) is 6.07 Å². The van der Waals surface area contributed by atoms with E-state index in [-0.39, 0.29) is 38.9 Å². The first-order valence-corrected chi connectivity index (χ1v) is 9.14. The van der Waals surface area contributed by atoms with Crippen LogP contribution in [0, 0.1) is 6.92 Å². The molecule has 0 aliphatic rings. The highest BCUT2D eigenvalue weighted by Gasteiger charge is 2.27. The van der Waals surface area contributed by atoms with E-state index in [9.17, 15) is 14.4 Å². The SMILES string of the molecule is CCOC(=O)c1c(NC(=O)c2cc(Cl)c(Cl)n2C)sc(C(=O)NC)c1C. The predicted octanol–water partition coefficient (Wildman–Crippen LogP) is 3.49. The van der Waals surface area contributed by atoms with Crippen LogP contribution < -0.4 is 10.6 Å². The molecule has 0 aliphatic heterocycles. The zero-order valence-corrected chi connectivity index (χ0v) is 16.9. The zero-order valence-electron chi connectivity index (χ0n) is 14.5. The first-order valence-electron chi connectivity index (χ1n) is 7.57. The van der Waals surface area contributed by atoms with Crippen LogP contribution in [0.2, 0.25) is 10.2 Å². The second-order valence-corrected chi connectivity index (χ2v) is 7.03. The summed E-state index contributed by atoms with van der Waals surface area (Å²) in [5, 5.41) is 5.83. The lowest BCUT2D eigenvalue weighted by Gasteiger charge is -2.08. The number of nitrogens with one attached hydrogen (secondary N) is 2.